The van der Waals surface area contributed by atoms with Crippen molar-refractivity contribution in [1.29, 1.82) is 0 Å². The second kappa shape index (κ2) is 8.98. The second-order valence-electron chi connectivity index (χ2n) is 6.76. The van der Waals surface area contributed by atoms with Crippen LogP contribution in [0.15, 0.2) is 24.3 Å². The summed E-state index contributed by atoms with van der Waals surface area (Å²) >= 11 is 0. The Labute approximate surface area is 152 Å². The van der Waals surface area contributed by atoms with E-state index in [-0.39, 0.29) is 11.8 Å². The zero-order valence-electron chi connectivity index (χ0n) is 15.6. The first-order valence-corrected chi connectivity index (χ1v) is 8.14. The molecule has 142 valence electrons. The zero-order valence-corrected chi connectivity index (χ0v) is 15.6. The molecular weight excluding hydrogens is 338 g/mol. The molecule has 0 bridgehead atoms. The van der Waals surface area contributed by atoms with E-state index >= 15 is 0 Å². The van der Waals surface area contributed by atoms with E-state index in [1.165, 1.54) is 14.0 Å². The van der Waals surface area contributed by atoms with Gasteiger partial charge in [-0.3, -0.25) is 14.4 Å². The number of hydrogen-bond donors (Lipinski definition) is 3. The predicted octanol–water partition coefficient (Wildman–Crippen LogP) is 1.08. The number of rotatable bonds is 6. The third kappa shape index (κ3) is 6.54. The fraction of sp³-hybridized carbons (Fsp3) is 0.444. The van der Waals surface area contributed by atoms with Gasteiger partial charge in [-0.2, -0.15) is 0 Å². The van der Waals surface area contributed by atoms with E-state index < -0.39 is 29.9 Å². The molecule has 1 aromatic rings. The van der Waals surface area contributed by atoms with Crippen LogP contribution in [0, 0.1) is 5.41 Å². The number of carbonyl (C=O) groups excluding carboxylic acids is 4. The normalized spacial score (nSPS) is 11.9. The van der Waals surface area contributed by atoms with Gasteiger partial charge in [0.2, 0.25) is 5.91 Å². The van der Waals surface area contributed by atoms with Crippen molar-refractivity contribution in [2.75, 3.05) is 19.0 Å². The second-order valence-corrected chi connectivity index (χ2v) is 6.76. The largest absolute Gasteiger partial charge is 0.454 e. The molecule has 0 saturated heterocycles. The van der Waals surface area contributed by atoms with Gasteiger partial charge in [0, 0.05) is 23.7 Å². The Balaban J connectivity index is 2.47. The van der Waals surface area contributed by atoms with E-state index in [1.54, 1.807) is 45.0 Å². The maximum atomic E-state index is 11.9. The standard InChI is InChI=1S/C18H25N3O5/c1-11(20-17(25)18(2,3)4)16(24)26-10-14(22)21-13-8-6-12(7-9-13)15(23)19-5/h6-9,11H,10H2,1-5H3,(H,19,23)(H,20,25)(H,21,22). The lowest BCUT2D eigenvalue weighted by Gasteiger charge is -2.20. The highest BCUT2D eigenvalue weighted by molar-refractivity contribution is 5.96. The molecule has 0 aliphatic heterocycles. The molecule has 1 rings (SSSR count). The Kier molecular flexibility index (Phi) is 7.30. The summed E-state index contributed by atoms with van der Waals surface area (Å²) < 4.78 is 4.90. The zero-order chi connectivity index (χ0) is 19.9. The van der Waals surface area contributed by atoms with Crippen molar-refractivity contribution in [3.63, 3.8) is 0 Å². The van der Waals surface area contributed by atoms with Crippen molar-refractivity contribution in [3.8, 4) is 0 Å². The molecule has 0 aliphatic carbocycles. The average Bonchev–Trinajstić information content (AvgIpc) is 2.58. The molecule has 0 fully saturated rings. The monoisotopic (exact) mass is 363 g/mol. The van der Waals surface area contributed by atoms with E-state index in [1.807, 2.05) is 0 Å². The highest BCUT2D eigenvalue weighted by Crippen LogP contribution is 2.13. The van der Waals surface area contributed by atoms with Gasteiger partial charge in [-0.05, 0) is 31.2 Å². The minimum atomic E-state index is -0.860. The van der Waals surface area contributed by atoms with Crippen LogP contribution >= 0.6 is 0 Å². The van der Waals surface area contributed by atoms with E-state index in [2.05, 4.69) is 16.0 Å². The van der Waals surface area contributed by atoms with Gasteiger partial charge < -0.3 is 20.7 Å². The summed E-state index contributed by atoms with van der Waals surface area (Å²) in [5.74, 6) is -1.75. The first-order chi connectivity index (χ1) is 12.0. The molecule has 0 spiro atoms. The molecule has 8 nitrogen and oxygen atoms in total. The molecule has 1 unspecified atom stereocenters. The van der Waals surface area contributed by atoms with Crippen molar-refractivity contribution < 1.29 is 23.9 Å². The number of ether oxygens (including phenoxy) is 1. The van der Waals surface area contributed by atoms with Crippen LogP contribution in [-0.2, 0) is 19.1 Å². The SMILES string of the molecule is CNC(=O)c1ccc(NC(=O)COC(=O)C(C)NC(=O)C(C)(C)C)cc1. The first kappa shape index (κ1) is 21.1. The van der Waals surface area contributed by atoms with Gasteiger partial charge in [0.05, 0.1) is 0 Å². The Morgan fingerprint density at radius 1 is 1.08 bits per heavy atom. The van der Waals surface area contributed by atoms with Crippen LogP contribution in [0.5, 0.6) is 0 Å². The van der Waals surface area contributed by atoms with Crippen LogP contribution < -0.4 is 16.0 Å². The van der Waals surface area contributed by atoms with Crippen LogP contribution in [-0.4, -0.2) is 43.4 Å². The molecular formula is C18H25N3O5. The summed E-state index contributed by atoms with van der Waals surface area (Å²) in [5.41, 5.74) is 0.292. The lowest BCUT2D eigenvalue weighted by atomic mass is 9.95. The van der Waals surface area contributed by atoms with Crippen molar-refractivity contribution in [1.82, 2.24) is 10.6 Å². The van der Waals surface area contributed by atoms with E-state index in [9.17, 15) is 19.2 Å². The van der Waals surface area contributed by atoms with Crippen LogP contribution in [0.3, 0.4) is 0 Å². The number of amides is 3. The Hall–Kier alpha value is -2.90. The lowest BCUT2D eigenvalue weighted by Crippen LogP contribution is -2.45. The molecule has 0 saturated carbocycles. The minimum absolute atomic E-state index is 0.233. The maximum Gasteiger partial charge on any atom is 0.328 e. The quantitative estimate of drug-likeness (QED) is 0.655. The maximum absolute atomic E-state index is 11.9. The Morgan fingerprint density at radius 2 is 1.65 bits per heavy atom. The molecule has 0 aliphatic rings. The number of esters is 1. The topological polar surface area (TPSA) is 114 Å². The highest BCUT2D eigenvalue weighted by atomic mass is 16.5. The summed E-state index contributed by atoms with van der Waals surface area (Å²) in [5, 5.41) is 7.58. The molecule has 8 heteroatoms. The minimum Gasteiger partial charge on any atom is -0.454 e. The van der Waals surface area contributed by atoms with Gasteiger partial charge in [-0.1, -0.05) is 20.8 Å². The summed E-state index contributed by atoms with van der Waals surface area (Å²) in [6.45, 7) is 6.18. The summed E-state index contributed by atoms with van der Waals surface area (Å²) in [4.78, 5) is 47.0. The van der Waals surface area contributed by atoms with Crippen molar-refractivity contribution >= 4 is 29.4 Å². The van der Waals surface area contributed by atoms with Gasteiger partial charge in [0.25, 0.3) is 11.8 Å². The average molecular weight is 363 g/mol. The van der Waals surface area contributed by atoms with Crippen molar-refractivity contribution in [3.05, 3.63) is 29.8 Å². The molecule has 3 amide bonds. The van der Waals surface area contributed by atoms with Gasteiger partial charge in [-0.15, -0.1) is 0 Å². The molecule has 1 atom stereocenters. The number of anilines is 1. The molecule has 0 aromatic heterocycles. The third-order valence-corrected chi connectivity index (χ3v) is 3.39. The summed E-state index contributed by atoms with van der Waals surface area (Å²) in [6, 6.07) is 5.39. The third-order valence-electron chi connectivity index (χ3n) is 3.39. The van der Waals surface area contributed by atoms with Crippen molar-refractivity contribution in [2.45, 2.75) is 33.7 Å². The summed E-state index contributed by atoms with van der Waals surface area (Å²) in [6.07, 6.45) is 0. The summed E-state index contributed by atoms with van der Waals surface area (Å²) in [7, 11) is 1.53. The van der Waals surface area contributed by atoms with E-state index in [4.69, 9.17) is 4.74 Å². The first-order valence-electron chi connectivity index (χ1n) is 8.14. The fourth-order valence-corrected chi connectivity index (χ4v) is 1.78. The van der Waals surface area contributed by atoms with Crippen LogP contribution in [0.25, 0.3) is 0 Å². The van der Waals surface area contributed by atoms with E-state index in [0.717, 1.165) is 0 Å². The van der Waals surface area contributed by atoms with E-state index in [0.29, 0.717) is 11.3 Å². The lowest BCUT2D eigenvalue weighted by molar-refractivity contribution is -0.150. The van der Waals surface area contributed by atoms with Gasteiger partial charge in [-0.25, -0.2) is 4.79 Å². The fourth-order valence-electron chi connectivity index (χ4n) is 1.78. The van der Waals surface area contributed by atoms with Gasteiger partial charge in [0.15, 0.2) is 6.61 Å². The number of hydrogen-bond acceptors (Lipinski definition) is 5. The van der Waals surface area contributed by atoms with Gasteiger partial charge in [0.1, 0.15) is 6.04 Å². The highest BCUT2D eigenvalue weighted by Gasteiger charge is 2.26. The smallest absolute Gasteiger partial charge is 0.328 e. The molecule has 3 N–H and O–H groups in total. The van der Waals surface area contributed by atoms with Crippen LogP contribution in [0.1, 0.15) is 38.1 Å². The molecule has 1 aromatic carbocycles. The molecule has 26 heavy (non-hydrogen) atoms. The van der Waals surface area contributed by atoms with Crippen molar-refractivity contribution in [2.24, 2.45) is 5.41 Å². The van der Waals surface area contributed by atoms with Crippen LogP contribution in [0.4, 0.5) is 5.69 Å². The Morgan fingerprint density at radius 3 is 2.15 bits per heavy atom. The molecule has 0 radical (unpaired) electrons. The van der Waals surface area contributed by atoms with Crippen LogP contribution in [0.2, 0.25) is 0 Å². The number of nitrogens with one attached hydrogen (secondary N) is 3. The van der Waals surface area contributed by atoms with Gasteiger partial charge >= 0.3 is 5.97 Å². The Bertz CT molecular complexity index is 677. The number of benzene rings is 1. The molecule has 0 heterocycles. The predicted molar refractivity (Wildman–Crippen MR) is 96.5 cm³/mol. The number of carbonyl (C=O) groups is 4.